The molecule has 0 heterocycles. The lowest BCUT2D eigenvalue weighted by Gasteiger charge is -2.47. The number of halogens is 43. The number of nitrogens with one attached hydrogen (secondary N) is 1. The number of isocyanates is 1. The minimum Gasteiger partial charge on any atom is -0.349 e. The third-order valence-electron chi connectivity index (χ3n) is 10.5. The van der Waals surface area contributed by atoms with Crippen molar-refractivity contribution in [3.8, 4) is 0 Å². The highest BCUT2D eigenvalue weighted by Gasteiger charge is 3.03. The van der Waals surface area contributed by atoms with Crippen molar-refractivity contribution in [1.82, 2.24) is 5.32 Å². The summed E-state index contributed by atoms with van der Waals surface area (Å²) in [5, 5.41) is 1.15. The molecule has 80 heavy (non-hydrogen) atoms. The number of rotatable bonds is 24. The number of nitrogens with zero attached hydrogens (tertiary/aromatic N) is 1. The molecule has 468 valence electrons. The van der Waals surface area contributed by atoms with E-state index >= 15 is 0 Å². The molecular formula is C33H13F43N2O2. The van der Waals surface area contributed by atoms with Crippen LogP contribution in [-0.4, -0.2) is 143 Å². The van der Waals surface area contributed by atoms with Gasteiger partial charge in [-0.25, -0.2) is 4.79 Å². The minimum absolute atomic E-state index is 0.0561. The van der Waals surface area contributed by atoms with Gasteiger partial charge in [-0.1, -0.05) is 0 Å². The van der Waals surface area contributed by atoms with Crippen molar-refractivity contribution in [2.75, 3.05) is 0 Å². The smallest absolute Gasteiger partial charge is 0.349 e. The summed E-state index contributed by atoms with van der Waals surface area (Å²) >= 11 is 0. The zero-order valence-corrected chi connectivity index (χ0v) is 36.0. The topological polar surface area (TPSA) is 58.5 Å². The number of carbonyl (C=O) groups is 1. The van der Waals surface area contributed by atoms with E-state index in [1.54, 1.807) is 0 Å². The Morgan fingerprint density at radius 1 is 0.388 bits per heavy atom. The van der Waals surface area contributed by atoms with Crippen molar-refractivity contribution in [3.63, 3.8) is 0 Å². The first-order valence-electron chi connectivity index (χ1n) is 18.3. The molecular weight excluding hydrogens is 1270 g/mol. The van der Waals surface area contributed by atoms with Gasteiger partial charge in [0.25, 0.3) is 5.91 Å². The zero-order chi connectivity index (χ0) is 65.3. The summed E-state index contributed by atoms with van der Waals surface area (Å²) in [6.45, 7) is 0.822. The molecule has 1 aromatic rings. The molecule has 0 aromatic heterocycles. The number of alkyl halides is 43. The van der Waals surface area contributed by atoms with E-state index in [1.165, 1.54) is 0 Å². The second-order valence-electron chi connectivity index (χ2n) is 15.9. The maximum absolute atomic E-state index is 14.5. The van der Waals surface area contributed by atoms with Gasteiger partial charge in [-0.15, -0.1) is 0 Å². The molecule has 1 amide bonds. The second kappa shape index (κ2) is 19.3. The lowest BCUT2D eigenvalue weighted by atomic mass is 9.81. The van der Waals surface area contributed by atoms with Gasteiger partial charge in [0.1, 0.15) is 0 Å². The minimum atomic E-state index is -10.7. The molecule has 0 fully saturated rings. The monoisotopic (exact) mass is 1290 g/mol. The molecule has 1 unspecified atom stereocenters. The molecule has 0 aliphatic rings. The van der Waals surface area contributed by atoms with Crippen molar-refractivity contribution in [2.45, 2.75) is 151 Å². The van der Waals surface area contributed by atoms with Gasteiger partial charge in [0.15, 0.2) is 0 Å². The first-order valence-corrected chi connectivity index (χ1v) is 18.3. The Hall–Kier alpha value is -4.94. The SMILES string of the molecule is Cc1cc(N=C=O)ccc1C(=O)NC(C)CC(F)(F)C(F)(F)C(F)(F)C(F)(F)C(F)(F)C(F)(F)C(F)(F)C(F)(F)C(F)(F)C(F)(F)C(F)(F)C(F)(F)C(F)(F)C(F)(F)C(F)(F)C(F)(F)C(F)(F)C(F)(F)C(F)(F)C(F)(F)C(F)(F)F. The third kappa shape index (κ3) is 9.11. The number of hydrogen-bond acceptors (Lipinski definition) is 3. The van der Waals surface area contributed by atoms with Gasteiger partial charge in [0.2, 0.25) is 6.08 Å². The molecule has 0 radical (unpaired) electrons. The summed E-state index contributed by atoms with van der Waals surface area (Å²) < 4.78 is 601. The first-order chi connectivity index (χ1) is 34.2. The summed E-state index contributed by atoms with van der Waals surface area (Å²) in [6.07, 6.45) is -11.1. The summed E-state index contributed by atoms with van der Waals surface area (Å²) in [6, 6.07) is -0.982. The van der Waals surface area contributed by atoms with Crippen molar-refractivity contribution in [3.05, 3.63) is 29.3 Å². The van der Waals surface area contributed by atoms with Crippen molar-refractivity contribution < 1.29 is 198 Å². The Morgan fingerprint density at radius 2 is 0.600 bits per heavy atom. The predicted molar refractivity (Wildman–Crippen MR) is 166 cm³/mol. The molecule has 1 atom stereocenters. The van der Waals surface area contributed by atoms with Crippen LogP contribution in [-0.2, 0) is 4.79 Å². The summed E-state index contributed by atoms with van der Waals surface area (Å²) in [7, 11) is 0. The van der Waals surface area contributed by atoms with Crippen LogP contribution >= 0.6 is 0 Å². The summed E-state index contributed by atoms with van der Waals surface area (Å²) in [4.78, 5) is 25.6. The van der Waals surface area contributed by atoms with Gasteiger partial charge in [0, 0.05) is 18.0 Å². The first kappa shape index (κ1) is 73.1. The maximum Gasteiger partial charge on any atom is 0.460 e. The van der Waals surface area contributed by atoms with Crippen molar-refractivity contribution in [2.24, 2.45) is 4.99 Å². The highest BCUT2D eigenvalue weighted by Crippen LogP contribution is 2.72. The van der Waals surface area contributed by atoms with E-state index in [4.69, 9.17) is 0 Å². The number of carbonyl (C=O) groups excluding carboxylic acids is 2. The largest absolute Gasteiger partial charge is 0.460 e. The third-order valence-corrected chi connectivity index (χ3v) is 10.5. The molecule has 4 nitrogen and oxygen atoms in total. The number of aryl methyl sites for hydroxylation is 1. The van der Waals surface area contributed by atoms with Crippen molar-refractivity contribution >= 4 is 17.7 Å². The lowest BCUT2D eigenvalue weighted by molar-refractivity contribution is -0.496. The van der Waals surface area contributed by atoms with Crippen molar-refractivity contribution in [1.29, 1.82) is 0 Å². The van der Waals surface area contributed by atoms with Crippen LogP contribution in [0.1, 0.15) is 29.3 Å². The number of benzene rings is 1. The van der Waals surface area contributed by atoms with Gasteiger partial charge in [0.05, 0.1) is 5.69 Å². The van der Waals surface area contributed by atoms with E-state index < -0.39 is 154 Å². The average Bonchev–Trinajstić information content (AvgIpc) is 3.24. The normalized spacial score (nSPS) is 16.6. The maximum atomic E-state index is 14.5. The average molecular weight is 1290 g/mol. The van der Waals surface area contributed by atoms with Crippen LogP contribution in [0.15, 0.2) is 23.2 Å². The van der Waals surface area contributed by atoms with E-state index in [9.17, 15) is 198 Å². The van der Waals surface area contributed by atoms with Gasteiger partial charge in [-0.05, 0) is 37.6 Å². The predicted octanol–water partition coefficient (Wildman–Crippen LogP) is 15.7. The molecule has 1 rings (SSSR count). The Kier molecular flexibility index (Phi) is 17.6. The van der Waals surface area contributed by atoms with Crippen LogP contribution in [0.2, 0.25) is 0 Å². The Morgan fingerprint density at radius 3 is 0.800 bits per heavy atom. The molecule has 1 aromatic carbocycles. The van der Waals surface area contributed by atoms with E-state index in [0.717, 1.165) is 24.4 Å². The fourth-order valence-electron chi connectivity index (χ4n) is 5.65. The Balaban J connectivity index is 4.03. The molecule has 0 spiro atoms. The summed E-state index contributed by atoms with van der Waals surface area (Å²) in [5.74, 6) is -203. The number of hydrogen-bond donors (Lipinski definition) is 1. The van der Waals surface area contributed by atoms with Crippen LogP contribution in [0.4, 0.5) is 194 Å². The van der Waals surface area contributed by atoms with Gasteiger partial charge in [-0.2, -0.15) is 194 Å². The lowest BCUT2D eigenvalue weighted by Crippen LogP contribution is -2.80. The molecule has 0 bridgehead atoms. The second-order valence-corrected chi connectivity index (χ2v) is 15.9. The quantitative estimate of drug-likeness (QED) is 0.0637. The number of amides is 1. The number of aliphatic imine (C=N–C) groups is 1. The molecule has 0 saturated heterocycles. The molecule has 0 saturated carbocycles. The molecule has 0 aliphatic heterocycles. The fourth-order valence-corrected chi connectivity index (χ4v) is 5.65. The van der Waals surface area contributed by atoms with Gasteiger partial charge in [-0.3, -0.25) is 4.79 Å². The molecule has 0 aliphatic carbocycles. The van der Waals surface area contributed by atoms with Crippen LogP contribution in [0.5, 0.6) is 0 Å². The highest BCUT2D eigenvalue weighted by atomic mass is 19.4. The molecule has 47 heteroatoms. The highest BCUT2D eigenvalue weighted by molar-refractivity contribution is 5.96. The van der Waals surface area contributed by atoms with Crippen LogP contribution in [0, 0.1) is 6.92 Å². The fraction of sp³-hybridized carbons (Fsp3) is 0.758. The Labute approximate surface area is 407 Å². The van der Waals surface area contributed by atoms with E-state index in [1.807, 2.05) is 0 Å². The van der Waals surface area contributed by atoms with E-state index in [2.05, 4.69) is 4.99 Å². The van der Waals surface area contributed by atoms with Gasteiger partial charge < -0.3 is 5.32 Å². The van der Waals surface area contributed by atoms with Crippen LogP contribution < -0.4 is 5.32 Å². The Bertz CT molecular complexity index is 2500. The van der Waals surface area contributed by atoms with Gasteiger partial charge >= 0.3 is 125 Å². The van der Waals surface area contributed by atoms with Crippen LogP contribution in [0.25, 0.3) is 0 Å². The standard InChI is InChI=1S/C33H13F43N2O2/c1-8-5-10(77-7-79)3-4-11(8)12(80)78-9(2)6-13(34,35)14(36,37)15(38,39)16(40,41)17(42,43)18(44,45)19(46,47)20(48,49)21(50,51)22(52,53)23(54,55)24(56,57)25(58,59)26(60,61)27(62,63)28(64,65)29(66,67)30(68,69)31(70,71)32(72,73)33(74,75)76/h3-5,9H,6H2,1-2H3,(H,78,80). The van der Waals surface area contributed by atoms with E-state index in [-0.39, 0.29) is 12.6 Å². The zero-order valence-electron chi connectivity index (χ0n) is 36.0. The molecule has 1 N–H and O–H groups in total. The van der Waals surface area contributed by atoms with Crippen LogP contribution in [0.3, 0.4) is 0 Å². The van der Waals surface area contributed by atoms with E-state index in [0.29, 0.717) is 12.1 Å². The summed E-state index contributed by atoms with van der Waals surface area (Å²) in [5.41, 5.74) is -1.59.